The molecular weight excluding hydrogens is 454 g/mol. The molecule has 1 saturated heterocycles. The summed E-state index contributed by atoms with van der Waals surface area (Å²) >= 11 is 1.51. The molecule has 3 aromatic carbocycles. The SMILES string of the molecule is CC(C)c1ccc(NSc2cccc(C=O)c2)cc1.COc1ccccc1N1CCCN(C)CC1. The highest BCUT2D eigenvalue weighted by Gasteiger charge is 2.15. The largest absolute Gasteiger partial charge is 0.495 e. The molecule has 0 saturated carbocycles. The Morgan fingerprint density at radius 3 is 2.43 bits per heavy atom. The van der Waals surface area contributed by atoms with E-state index in [2.05, 4.69) is 71.8 Å². The summed E-state index contributed by atoms with van der Waals surface area (Å²) in [4.78, 5) is 16.5. The van der Waals surface area contributed by atoms with Crippen LogP contribution in [0.1, 0.15) is 42.1 Å². The van der Waals surface area contributed by atoms with Gasteiger partial charge in [0.2, 0.25) is 0 Å². The van der Waals surface area contributed by atoms with Crippen LogP contribution in [0, 0.1) is 0 Å². The number of aldehydes is 1. The van der Waals surface area contributed by atoms with Crippen LogP contribution in [-0.4, -0.2) is 51.5 Å². The standard InChI is InChI=1S/C16H17NOS.C13H20N2O/c1-12(2)14-6-8-15(9-7-14)17-19-16-5-3-4-13(10-16)11-18;1-14-8-5-9-15(11-10-14)12-6-3-4-7-13(12)16-2/h3-12,17H,1-2H3;3-4,6-7H,5,8-11H2,1-2H3. The fourth-order valence-corrected chi connectivity index (χ4v) is 4.60. The first-order valence-corrected chi connectivity index (χ1v) is 13.0. The first kappa shape index (κ1) is 26.6. The van der Waals surface area contributed by atoms with Crippen molar-refractivity contribution in [2.75, 3.05) is 50.0 Å². The molecule has 186 valence electrons. The highest BCUT2D eigenvalue weighted by molar-refractivity contribution is 8.00. The lowest BCUT2D eigenvalue weighted by atomic mass is 10.0. The van der Waals surface area contributed by atoms with Crippen LogP contribution in [0.4, 0.5) is 11.4 Å². The van der Waals surface area contributed by atoms with Gasteiger partial charge in [0.1, 0.15) is 12.0 Å². The Labute approximate surface area is 214 Å². The van der Waals surface area contributed by atoms with E-state index in [-0.39, 0.29) is 0 Å². The molecule has 5 nitrogen and oxygen atoms in total. The van der Waals surface area contributed by atoms with Crippen LogP contribution in [-0.2, 0) is 0 Å². The number of nitrogens with one attached hydrogen (secondary N) is 1. The zero-order chi connectivity index (χ0) is 25.0. The van der Waals surface area contributed by atoms with Crippen molar-refractivity contribution in [1.82, 2.24) is 4.90 Å². The summed E-state index contributed by atoms with van der Waals surface area (Å²) in [5.74, 6) is 1.53. The zero-order valence-electron chi connectivity index (χ0n) is 21.2. The van der Waals surface area contributed by atoms with Crippen LogP contribution in [0.5, 0.6) is 5.75 Å². The molecule has 1 aliphatic heterocycles. The fourth-order valence-electron chi connectivity index (χ4n) is 3.88. The molecule has 0 spiro atoms. The van der Waals surface area contributed by atoms with E-state index >= 15 is 0 Å². The lowest BCUT2D eigenvalue weighted by Gasteiger charge is -2.24. The molecule has 1 N–H and O–H groups in total. The lowest BCUT2D eigenvalue weighted by molar-refractivity contribution is 0.112. The minimum Gasteiger partial charge on any atom is -0.495 e. The summed E-state index contributed by atoms with van der Waals surface area (Å²) in [5.41, 5.74) is 4.31. The normalized spacial score (nSPS) is 14.0. The molecule has 1 fully saturated rings. The Kier molecular flexibility index (Phi) is 10.5. The predicted molar refractivity (Wildman–Crippen MR) is 149 cm³/mol. The van der Waals surface area contributed by atoms with Crippen molar-refractivity contribution in [3.05, 3.63) is 83.9 Å². The van der Waals surface area contributed by atoms with Crippen LogP contribution < -0.4 is 14.4 Å². The van der Waals surface area contributed by atoms with Crippen molar-refractivity contribution in [3.8, 4) is 5.75 Å². The predicted octanol–water partition coefficient (Wildman–Crippen LogP) is 6.58. The second-order valence-electron chi connectivity index (χ2n) is 8.99. The minimum absolute atomic E-state index is 0.547. The van der Waals surface area contributed by atoms with Crippen LogP contribution in [0.15, 0.2) is 77.7 Å². The van der Waals surface area contributed by atoms with Gasteiger partial charge in [-0.15, -0.1) is 0 Å². The maximum absolute atomic E-state index is 10.7. The molecule has 1 aliphatic rings. The van der Waals surface area contributed by atoms with Gasteiger partial charge in [0.15, 0.2) is 0 Å². The number of anilines is 2. The summed E-state index contributed by atoms with van der Waals surface area (Å²) in [5, 5.41) is 0. The van der Waals surface area contributed by atoms with Gasteiger partial charge in [0.25, 0.3) is 0 Å². The average molecular weight is 492 g/mol. The molecule has 6 heteroatoms. The van der Waals surface area contributed by atoms with E-state index in [1.165, 1.54) is 36.2 Å². The van der Waals surface area contributed by atoms with Gasteiger partial charge in [-0.3, -0.25) is 4.79 Å². The number of hydrogen-bond acceptors (Lipinski definition) is 6. The number of carbonyl (C=O) groups is 1. The molecule has 0 unspecified atom stereocenters. The number of hydrogen-bond donors (Lipinski definition) is 1. The molecule has 0 aliphatic carbocycles. The Bertz CT molecular complexity index is 1060. The van der Waals surface area contributed by atoms with Gasteiger partial charge in [-0.25, -0.2) is 0 Å². The van der Waals surface area contributed by atoms with E-state index in [0.29, 0.717) is 11.5 Å². The fraction of sp³-hybridized carbons (Fsp3) is 0.345. The van der Waals surface area contributed by atoms with Gasteiger partial charge in [-0.05, 0) is 79.8 Å². The van der Waals surface area contributed by atoms with E-state index in [0.717, 1.165) is 42.3 Å². The van der Waals surface area contributed by atoms with Gasteiger partial charge in [-0.2, -0.15) is 0 Å². The van der Waals surface area contributed by atoms with E-state index in [4.69, 9.17) is 4.74 Å². The quantitative estimate of drug-likeness (QED) is 0.298. The number of ether oxygens (including phenoxy) is 1. The smallest absolute Gasteiger partial charge is 0.150 e. The zero-order valence-corrected chi connectivity index (χ0v) is 22.1. The Morgan fingerprint density at radius 2 is 1.71 bits per heavy atom. The van der Waals surface area contributed by atoms with Crippen LogP contribution in [0.2, 0.25) is 0 Å². The number of rotatable bonds is 7. The number of benzene rings is 3. The third kappa shape index (κ3) is 8.34. The number of carbonyl (C=O) groups excluding carboxylic acids is 1. The van der Waals surface area contributed by atoms with E-state index < -0.39 is 0 Å². The van der Waals surface area contributed by atoms with Gasteiger partial charge >= 0.3 is 0 Å². The van der Waals surface area contributed by atoms with Gasteiger partial charge < -0.3 is 19.3 Å². The van der Waals surface area contributed by atoms with E-state index in [1.54, 1.807) is 13.2 Å². The summed E-state index contributed by atoms with van der Waals surface area (Å²) in [6, 6.07) is 24.2. The number of nitrogens with zero attached hydrogens (tertiary/aromatic N) is 2. The van der Waals surface area contributed by atoms with Gasteiger partial charge in [0.05, 0.1) is 12.8 Å². The van der Waals surface area contributed by atoms with Crippen molar-refractivity contribution in [2.45, 2.75) is 31.1 Å². The second-order valence-corrected chi connectivity index (χ2v) is 9.87. The number of para-hydroxylation sites is 2. The molecule has 0 aromatic heterocycles. The summed E-state index contributed by atoms with van der Waals surface area (Å²) in [6.45, 7) is 8.87. The van der Waals surface area contributed by atoms with Crippen molar-refractivity contribution >= 4 is 29.6 Å². The first-order chi connectivity index (χ1) is 17.0. The summed E-state index contributed by atoms with van der Waals surface area (Å²) < 4.78 is 8.69. The third-order valence-electron chi connectivity index (χ3n) is 6.00. The maximum atomic E-state index is 10.7. The number of likely N-dealkylation sites (N-methyl/N-ethyl adjacent to an activating group) is 1. The second kappa shape index (κ2) is 13.8. The van der Waals surface area contributed by atoms with E-state index in [1.807, 2.05) is 30.3 Å². The maximum Gasteiger partial charge on any atom is 0.150 e. The van der Waals surface area contributed by atoms with Gasteiger partial charge in [0, 0.05) is 35.8 Å². The minimum atomic E-state index is 0.547. The molecule has 4 rings (SSSR count). The molecule has 0 atom stereocenters. The van der Waals surface area contributed by atoms with Crippen molar-refractivity contribution in [2.24, 2.45) is 0 Å². The van der Waals surface area contributed by atoms with Crippen molar-refractivity contribution < 1.29 is 9.53 Å². The Morgan fingerprint density at radius 1 is 0.943 bits per heavy atom. The monoisotopic (exact) mass is 491 g/mol. The summed E-state index contributed by atoms with van der Waals surface area (Å²) in [7, 11) is 3.93. The lowest BCUT2D eigenvalue weighted by Crippen LogP contribution is -2.28. The Hall–Kier alpha value is -2.96. The Balaban J connectivity index is 0.000000198. The van der Waals surface area contributed by atoms with Crippen molar-refractivity contribution in [3.63, 3.8) is 0 Å². The third-order valence-corrected chi connectivity index (χ3v) is 6.83. The highest BCUT2D eigenvalue weighted by atomic mass is 32.2. The summed E-state index contributed by atoms with van der Waals surface area (Å²) in [6.07, 6.45) is 2.08. The highest BCUT2D eigenvalue weighted by Crippen LogP contribution is 2.28. The molecule has 0 amide bonds. The van der Waals surface area contributed by atoms with Crippen LogP contribution in [0.3, 0.4) is 0 Å². The average Bonchev–Trinajstić information content (AvgIpc) is 3.12. The first-order valence-electron chi connectivity index (χ1n) is 12.1. The van der Waals surface area contributed by atoms with Crippen molar-refractivity contribution in [1.29, 1.82) is 0 Å². The van der Waals surface area contributed by atoms with E-state index in [9.17, 15) is 4.79 Å². The topological polar surface area (TPSA) is 44.8 Å². The molecular formula is C29H37N3O2S. The molecule has 35 heavy (non-hydrogen) atoms. The van der Waals surface area contributed by atoms with Gasteiger partial charge in [-0.1, -0.05) is 50.2 Å². The number of methoxy groups -OCH3 is 1. The van der Waals surface area contributed by atoms with Crippen LogP contribution in [0.25, 0.3) is 0 Å². The molecule has 1 heterocycles. The molecule has 3 aromatic rings. The molecule has 0 bridgehead atoms. The molecule has 0 radical (unpaired) electrons. The van der Waals surface area contributed by atoms with Crippen LogP contribution >= 0.6 is 11.9 Å².